The molecule has 5 heteroatoms. The second kappa shape index (κ2) is 3.43. The van der Waals surface area contributed by atoms with Crippen LogP contribution < -0.4 is 5.73 Å². The molecule has 0 aliphatic heterocycles. The largest absolute Gasteiger partial charge is 0.334 e. The molecule has 15 heavy (non-hydrogen) atoms. The topological polar surface area (TPSA) is 77.8 Å². The van der Waals surface area contributed by atoms with E-state index in [9.17, 15) is 0 Å². The van der Waals surface area contributed by atoms with Crippen LogP contribution in [-0.4, -0.2) is 15.1 Å². The maximum atomic E-state index is 5.85. The average molecular weight is 204 g/mol. The number of rotatable bonds is 2. The molecule has 78 valence electrons. The Hall–Kier alpha value is -1.75. The Morgan fingerprint density at radius 2 is 2.20 bits per heavy atom. The van der Waals surface area contributed by atoms with Crippen molar-refractivity contribution in [3.05, 3.63) is 30.4 Å². The van der Waals surface area contributed by atoms with Crippen LogP contribution in [0.1, 0.15) is 19.7 Å². The van der Waals surface area contributed by atoms with Crippen LogP contribution in [0.25, 0.3) is 11.5 Å². The molecule has 2 aromatic heterocycles. The fourth-order valence-electron chi connectivity index (χ4n) is 1.09. The maximum absolute atomic E-state index is 5.85. The predicted molar refractivity (Wildman–Crippen MR) is 54.7 cm³/mol. The van der Waals surface area contributed by atoms with Crippen molar-refractivity contribution in [1.29, 1.82) is 0 Å². The van der Waals surface area contributed by atoms with Gasteiger partial charge in [-0.1, -0.05) is 5.16 Å². The van der Waals surface area contributed by atoms with E-state index in [0.29, 0.717) is 11.7 Å². The van der Waals surface area contributed by atoms with E-state index >= 15 is 0 Å². The Morgan fingerprint density at radius 3 is 2.73 bits per heavy atom. The zero-order chi connectivity index (χ0) is 10.9. The van der Waals surface area contributed by atoms with Crippen molar-refractivity contribution in [2.24, 2.45) is 5.73 Å². The predicted octanol–water partition coefficient (Wildman–Crippen LogP) is 1.33. The van der Waals surface area contributed by atoms with Gasteiger partial charge in [0.2, 0.25) is 0 Å². The van der Waals surface area contributed by atoms with Crippen LogP contribution >= 0.6 is 0 Å². The van der Waals surface area contributed by atoms with Gasteiger partial charge in [-0.15, -0.1) is 0 Å². The highest BCUT2D eigenvalue weighted by Crippen LogP contribution is 2.19. The summed E-state index contributed by atoms with van der Waals surface area (Å²) in [6.07, 6.45) is 3.36. The molecule has 0 aromatic carbocycles. The minimum absolute atomic E-state index is 0.441. The minimum Gasteiger partial charge on any atom is -0.334 e. The van der Waals surface area contributed by atoms with Gasteiger partial charge in [0.05, 0.1) is 11.1 Å². The van der Waals surface area contributed by atoms with Crippen LogP contribution in [0.5, 0.6) is 0 Å². The second-order valence-electron chi connectivity index (χ2n) is 3.89. The van der Waals surface area contributed by atoms with Crippen molar-refractivity contribution in [3.8, 4) is 11.5 Å². The lowest BCUT2D eigenvalue weighted by Crippen LogP contribution is -2.30. The molecule has 0 fully saturated rings. The summed E-state index contributed by atoms with van der Waals surface area (Å²) in [6.45, 7) is 3.65. The van der Waals surface area contributed by atoms with E-state index in [-0.39, 0.29) is 0 Å². The number of pyridine rings is 1. The highest BCUT2D eigenvalue weighted by Gasteiger charge is 2.21. The first-order chi connectivity index (χ1) is 7.07. The van der Waals surface area contributed by atoms with E-state index in [1.807, 2.05) is 26.0 Å². The van der Waals surface area contributed by atoms with E-state index in [0.717, 1.165) is 5.56 Å². The normalized spacial score (nSPS) is 11.7. The van der Waals surface area contributed by atoms with Gasteiger partial charge in [-0.25, -0.2) is 0 Å². The van der Waals surface area contributed by atoms with Crippen LogP contribution in [0.4, 0.5) is 0 Å². The Morgan fingerprint density at radius 1 is 1.40 bits per heavy atom. The molecule has 0 saturated carbocycles. The third-order valence-corrected chi connectivity index (χ3v) is 1.91. The standard InChI is InChI=1S/C10H12N4O/c1-10(2,11)9-13-8(15-14-9)7-4-3-5-12-6-7/h3-6H,11H2,1-2H3. The van der Waals surface area contributed by atoms with Crippen molar-refractivity contribution < 1.29 is 4.52 Å². The van der Waals surface area contributed by atoms with E-state index in [1.54, 1.807) is 12.4 Å². The summed E-state index contributed by atoms with van der Waals surface area (Å²) in [7, 11) is 0. The van der Waals surface area contributed by atoms with E-state index in [4.69, 9.17) is 10.3 Å². The molecule has 5 nitrogen and oxygen atoms in total. The molecule has 0 unspecified atom stereocenters. The number of hydrogen-bond donors (Lipinski definition) is 1. The van der Waals surface area contributed by atoms with Crippen molar-refractivity contribution in [1.82, 2.24) is 15.1 Å². The second-order valence-corrected chi connectivity index (χ2v) is 3.89. The zero-order valence-electron chi connectivity index (χ0n) is 8.64. The quantitative estimate of drug-likeness (QED) is 0.798. The van der Waals surface area contributed by atoms with Gasteiger partial charge in [-0.2, -0.15) is 4.98 Å². The molecule has 2 rings (SSSR count). The van der Waals surface area contributed by atoms with Gasteiger partial charge in [0.25, 0.3) is 5.89 Å². The van der Waals surface area contributed by atoms with Gasteiger partial charge in [0.15, 0.2) is 5.82 Å². The molecule has 0 aliphatic rings. The monoisotopic (exact) mass is 204 g/mol. The van der Waals surface area contributed by atoms with E-state index < -0.39 is 5.54 Å². The van der Waals surface area contributed by atoms with Gasteiger partial charge in [0.1, 0.15) is 0 Å². The molecule has 0 amide bonds. The Bertz CT molecular complexity index is 444. The molecule has 2 N–H and O–H groups in total. The molecule has 0 radical (unpaired) electrons. The fourth-order valence-corrected chi connectivity index (χ4v) is 1.09. The number of aromatic nitrogens is 3. The number of hydrogen-bond acceptors (Lipinski definition) is 5. The van der Waals surface area contributed by atoms with Crippen molar-refractivity contribution >= 4 is 0 Å². The summed E-state index contributed by atoms with van der Waals surface area (Å²) < 4.78 is 5.10. The molecule has 0 spiro atoms. The molecular weight excluding hydrogens is 192 g/mol. The zero-order valence-corrected chi connectivity index (χ0v) is 8.64. The summed E-state index contributed by atoms with van der Waals surface area (Å²) >= 11 is 0. The fraction of sp³-hybridized carbons (Fsp3) is 0.300. The van der Waals surface area contributed by atoms with Crippen LogP contribution in [0, 0.1) is 0 Å². The summed E-state index contributed by atoms with van der Waals surface area (Å²) in [5, 5.41) is 3.82. The third-order valence-electron chi connectivity index (χ3n) is 1.91. The molecule has 0 atom stereocenters. The molecule has 2 aromatic rings. The molecule has 2 heterocycles. The Balaban J connectivity index is 2.37. The Labute approximate surface area is 87.3 Å². The summed E-state index contributed by atoms with van der Waals surface area (Å²) in [5.74, 6) is 0.929. The molecule has 0 bridgehead atoms. The van der Waals surface area contributed by atoms with Crippen LogP contribution in [0.2, 0.25) is 0 Å². The maximum Gasteiger partial charge on any atom is 0.259 e. The first kappa shape index (κ1) is 9.79. The van der Waals surface area contributed by atoms with Crippen molar-refractivity contribution in [2.45, 2.75) is 19.4 Å². The first-order valence-corrected chi connectivity index (χ1v) is 4.61. The van der Waals surface area contributed by atoms with Gasteiger partial charge < -0.3 is 10.3 Å². The van der Waals surface area contributed by atoms with Gasteiger partial charge in [0, 0.05) is 12.4 Å². The highest BCUT2D eigenvalue weighted by molar-refractivity contribution is 5.50. The van der Waals surface area contributed by atoms with Gasteiger partial charge in [-0.05, 0) is 26.0 Å². The number of nitrogens with zero attached hydrogens (tertiary/aromatic N) is 3. The van der Waals surface area contributed by atoms with Gasteiger partial charge in [-0.3, -0.25) is 4.98 Å². The highest BCUT2D eigenvalue weighted by atomic mass is 16.5. The number of nitrogens with two attached hydrogens (primary N) is 1. The van der Waals surface area contributed by atoms with Crippen molar-refractivity contribution in [3.63, 3.8) is 0 Å². The lowest BCUT2D eigenvalue weighted by atomic mass is 10.1. The van der Waals surface area contributed by atoms with Crippen molar-refractivity contribution in [2.75, 3.05) is 0 Å². The third kappa shape index (κ3) is 2.02. The van der Waals surface area contributed by atoms with Gasteiger partial charge >= 0.3 is 0 Å². The lowest BCUT2D eigenvalue weighted by Gasteiger charge is -2.11. The SMILES string of the molecule is CC(C)(N)c1noc(-c2cccnc2)n1. The Kier molecular flexibility index (Phi) is 2.24. The van der Waals surface area contributed by atoms with Crippen LogP contribution in [-0.2, 0) is 5.54 Å². The summed E-state index contributed by atoms with van der Waals surface area (Å²) in [4.78, 5) is 8.18. The molecular formula is C10H12N4O. The van der Waals surface area contributed by atoms with Crippen LogP contribution in [0.3, 0.4) is 0 Å². The summed E-state index contributed by atoms with van der Waals surface area (Å²) in [6, 6.07) is 3.67. The molecule has 0 saturated heterocycles. The van der Waals surface area contributed by atoms with E-state index in [2.05, 4.69) is 15.1 Å². The minimum atomic E-state index is -0.593. The lowest BCUT2D eigenvalue weighted by molar-refractivity contribution is 0.397. The summed E-state index contributed by atoms with van der Waals surface area (Å²) in [5.41, 5.74) is 6.05. The van der Waals surface area contributed by atoms with E-state index in [1.165, 1.54) is 0 Å². The smallest absolute Gasteiger partial charge is 0.259 e. The average Bonchev–Trinajstić information content (AvgIpc) is 2.67. The molecule has 0 aliphatic carbocycles. The first-order valence-electron chi connectivity index (χ1n) is 4.61. The van der Waals surface area contributed by atoms with Crippen LogP contribution in [0.15, 0.2) is 29.0 Å².